The molecule has 0 unspecified atom stereocenters. The van der Waals surface area contributed by atoms with E-state index >= 15 is 0 Å². The van der Waals surface area contributed by atoms with Gasteiger partial charge in [0, 0.05) is 12.2 Å². The minimum Gasteiger partial charge on any atom is -0.490 e. The molecule has 0 atom stereocenters. The molecule has 0 heterocycles. The summed E-state index contributed by atoms with van der Waals surface area (Å²) in [5.41, 5.74) is 1.95. The SMILES string of the molecule is CCOc1cc(/C=C(\C#N)C(=O)NCc2ccccc2)cc(Cl)c1OCC(=O)Nc1ccccc1. The predicted molar refractivity (Wildman–Crippen MR) is 135 cm³/mol. The van der Waals surface area contributed by atoms with Crippen LogP contribution in [0.15, 0.2) is 78.4 Å². The monoisotopic (exact) mass is 489 g/mol. The molecule has 2 amide bonds. The van der Waals surface area contributed by atoms with Crippen LogP contribution in [0, 0.1) is 11.3 Å². The second-order valence-corrected chi connectivity index (χ2v) is 7.71. The van der Waals surface area contributed by atoms with E-state index in [1.807, 2.05) is 54.6 Å². The van der Waals surface area contributed by atoms with Crippen LogP contribution in [0.3, 0.4) is 0 Å². The number of benzene rings is 3. The van der Waals surface area contributed by atoms with Gasteiger partial charge in [0.2, 0.25) is 0 Å². The minimum absolute atomic E-state index is 0.0876. The van der Waals surface area contributed by atoms with Crippen LogP contribution in [-0.2, 0) is 16.1 Å². The number of hydrogen-bond donors (Lipinski definition) is 2. The number of carbonyl (C=O) groups excluding carboxylic acids is 2. The van der Waals surface area contributed by atoms with E-state index in [4.69, 9.17) is 21.1 Å². The third-order valence-corrected chi connectivity index (χ3v) is 4.99. The Kier molecular flexibility index (Phi) is 9.29. The highest BCUT2D eigenvalue weighted by Gasteiger charge is 2.16. The van der Waals surface area contributed by atoms with Crippen LogP contribution in [0.4, 0.5) is 5.69 Å². The summed E-state index contributed by atoms with van der Waals surface area (Å²) in [6.45, 7) is 2.12. The van der Waals surface area contributed by atoms with Gasteiger partial charge < -0.3 is 20.1 Å². The topological polar surface area (TPSA) is 100 Å². The number of rotatable bonds is 10. The Morgan fingerprint density at radius 2 is 1.71 bits per heavy atom. The fourth-order valence-corrected chi connectivity index (χ4v) is 3.39. The number of amides is 2. The number of ether oxygens (including phenoxy) is 2. The van der Waals surface area contributed by atoms with E-state index in [1.54, 1.807) is 25.1 Å². The number of anilines is 1. The Labute approximate surface area is 208 Å². The molecule has 0 fully saturated rings. The highest BCUT2D eigenvalue weighted by Crippen LogP contribution is 2.37. The molecule has 7 nitrogen and oxygen atoms in total. The molecule has 0 spiro atoms. The number of para-hydroxylation sites is 1. The maximum Gasteiger partial charge on any atom is 0.262 e. The number of hydrogen-bond acceptors (Lipinski definition) is 5. The van der Waals surface area contributed by atoms with E-state index in [1.165, 1.54) is 12.1 Å². The largest absolute Gasteiger partial charge is 0.490 e. The Bertz CT molecular complexity index is 1240. The molecule has 3 aromatic rings. The van der Waals surface area contributed by atoms with Gasteiger partial charge in [0.25, 0.3) is 11.8 Å². The zero-order valence-corrected chi connectivity index (χ0v) is 19.8. The van der Waals surface area contributed by atoms with E-state index in [2.05, 4.69) is 10.6 Å². The normalized spacial score (nSPS) is 10.7. The number of carbonyl (C=O) groups is 2. The van der Waals surface area contributed by atoms with Crippen LogP contribution in [-0.4, -0.2) is 25.0 Å². The van der Waals surface area contributed by atoms with E-state index in [0.717, 1.165) is 5.56 Å². The van der Waals surface area contributed by atoms with Crippen molar-refractivity contribution in [2.75, 3.05) is 18.5 Å². The molecule has 0 aliphatic carbocycles. The van der Waals surface area contributed by atoms with E-state index < -0.39 is 5.91 Å². The van der Waals surface area contributed by atoms with Crippen molar-refractivity contribution in [2.24, 2.45) is 0 Å². The third kappa shape index (κ3) is 7.63. The smallest absolute Gasteiger partial charge is 0.262 e. The molecule has 3 rings (SSSR count). The van der Waals surface area contributed by atoms with Crippen LogP contribution in [0.25, 0.3) is 6.08 Å². The Morgan fingerprint density at radius 3 is 2.37 bits per heavy atom. The van der Waals surface area contributed by atoms with Gasteiger partial charge in [-0.1, -0.05) is 60.1 Å². The van der Waals surface area contributed by atoms with Crippen molar-refractivity contribution < 1.29 is 19.1 Å². The lowest BCUT2D eigenvalue weighted by Crippen LogP contribution is -2.23. The van der Waals surface area contributed by atoms with Gasteiger partial charge in [-0.15, -0.1) is 0 Å². The van der Waals surface area contributed by atoms with Crippen molar-refractivity contribution >= 4 is 35.2 Å². The summed E-state index contributed by atoms with van der Waals surface area (Å²) in [5.74, 6) is -0.384. The molecule has 0 aliphatic heterocycles. The van der Waals surface area contributed by atoms with Gasteiger partial charge in [0.1, 0.15) is 11.6 Å². The van der Waals surface area contributed by atoms with Gasteiger partial charge in [-0.3, -0.25) is 9.59 Å². The molecule has 178 valence electrons. The molecule has 8 heteroatoms. The number of nitrogens with one attached hydrogen (secondary N) is 2. The standard InChI is InChI=1S/C27H24ClN3O4/c1-2-34-24-15-20(13-21(16-29)27(33)30-17-19-9-5-3-6-10-19)14-23(28)26(24)35-18-25(32)31-22-11-7-4-8-12-22/h3-15H,2,17-18H2,1H3,(H,30,33)(H,31,32)/b21-13+. The molecule has 0 radical (unpaired) electrons. The lowest BCUT2D eigenvalue weighted by molar-refractivity contribution is -0.118. The average Bonchev–Trinajstić information content (AvgIpc) is 2.86. The summed E-state index contributed by atoms with van der Waals surface area (Å²) in [6, 6.07) is 23.4. The van der Waals surface area contributed by atoms with Crippen molar-refractivity contribution in [3.8, 4) is 17.6 Å². The van der Waals surface area contributed by atoms with E-state index in [9.17, 15) is 14.9 Å². The fourth-order valence-electron chi connectivity index (χ4n) is 3.12. The quantitative estimate of drug-likeness (QED) is 0.309. The summed E-state index contributed by atoms with van der Waals surface area (Å²) in [5, 5.41) is 15.1. The van der Waals surface area contributed by atoms with Crippen molar-refractivity contribution in [2.45, 2.75) is 13.5 Å². The molecule has 3 aromatic carbocycles. The summed E-state index contributed by atoms with van der Waals surface area (Å²) in [4.78, 5) is 24.8. The fraction of sp³-hybridized carbons (Fsp3) is 0.148. The second kappa shape index (κ2) is 12.8. The molecular weight excluding hydrogens is 466 g/mol. The van der Waals surface area contributed by atoms with Crippen LogP contribution < -0.4 is 20.1 Å². The highest BCUT2D eigenvalue weighted by atomic mass is 35.5. The lowest BCUT2D eigenvalue weighted by atomic mass is 10.1. The van der Waals surface area contributed by atoms with E-state index in [0.29, 0.717) is 30.2 Å². The molecular formula is C27H24ClN3O4. The zero-order valence-electron chi connectivity index (χ0n) is 19.1. The third-order valence-electron chi connectivity index (χ3n) is 4.71. The Hall–Kier alpha value is -4.28. The molecule has 0 aromatic heterocycles. The first kappa shape index (κ1) is 25.3. The molecule has 0 saturated heterocycles. The predicted octanol–water partition coefficient (Wildman–Crippen LogP) is 4.98. The average molecular weight is 490 g/mol. The van der Waals surface area contributed by atoms with Crippen LogP contribution >= 0.6 is 11.6 Å². The highest BCUT2D eigenvalue weighted by molar-refractivity contribution is 6.32. The molecule has 35 heavy (non-hydrogen) atoms. The first-order chi connectivity index (χ1) is 17.0. The Balaban J connectivity index is 1.72. The van der Waals surface area contributed by atoms with Gasteiger partial charge in [0.05, 0.1) is 11.6 Å². The lowest BCUT2D eigenvalue weighted by Gasteiger charge is -2.14. The molecule has 0 saturated carbocycles. The van der Waals surface area contributed by atoms with Crippen LogP contribution in [0.5, 0.6) is 11.5 Å². The molecule has 0 aliphatic rings. The first-order valence-corrected chi connectivity index (χ1v) is 11.3. The zero-order chi connectivity index (χ0) is 25.0. The van der Waals surface area contributed by atoms with Gasteiger partial charge in [0.15, 0.2) is 18.1 Å². The van der Waals surface area contributed by atoms with Gasteiger partial charge >= 0.3 is 0 Å². The van der Waals surface area contributed by atoms with Crippen LogP contribution in [0.2, 0.25) is 5.02 Å². The van der Waals surface area contributed by atoms with Crippen molar-refractivity contribution in [1.29, 1.82) is 5.26 Å². The maximum atomic E-state index is 12.5. The van der Waals surface area contributed by atoms with Crippen LogP contribution in [0.1, 0.15) is 18.1 Å². The maximum absolute atomic E-state index is 12.5. The van der Waals surface area contributed by atoms with E-state index in [-0.39, 0.29) is 28.9 Å². The van der Waals surface area contributed by atoms with Crippen molar-refractivity contribution in [3.05, 3.63) is 94.5 Å². The molecule has 2 N–H and O–H groups in total. The van der Waals surface area contributed by atoms with Gasteiger partial charge in [-0.2, -0.15) is 5.26 Å². The van der Waals surface area contributed by atoms with Crippen molar-refractivity contribution in [1.82, 2.24) is 5.32 Å². The molecule has 0 bridgehead atoms. The van der Waals surface area contributed by atoms with Gasteiger partial charge in [-0.25, -0.2) is 0 Å². The summed E-state index contributed by atoms with van der Waals surface area (Å²) < 4.78 is 11.3. The number of halogens is 1. The summed E-state index contributed by atoms with van der Waals surface area (Å²) in [6.07, 6.45) is 1.42. The number of nitrogens with zero attached hydrogens (tertiary/aromatic N) is 1. The van der Waals surface area contributed by atoms with Gasteiger partial charge in [-0.05, 0) is 48.4 Å². The Morgan fingerprint density at radius 1 is 1.03 bits per heavy atom. The minimum atomic E-state index is -0.511. The second-order valence-electron chi connectivity index (χ2n) is 7.30. The van der Waals surface area contributed by atoms with Crippen molar-refractivity contribution in [3.63, 3.8) is 0 Å². The summed E-state index contributed by atoms with van der Waals surface area (Å²) in [7, 11) is 0. The first-order valence-electron chi connectivity index (χ1n) is 10.9. The summed E-state index contributed by atoms with van der Waals surface area (Å²) >= 11 is 6.41. The number of nitriles is 1.